The minimum absolute atomic E-state index is 0.150. The zero-order valence-electron chi connectivity index (χ0n) is 13.5. The predicted octanol–water partition coefficient (Wildman–Crippen LogP) is 3.40. The lowest BCUT2D eigenvalue weighted by Gasteiger charge is -2.30. The lowest BCUT2D eigenvalue weighted by Crippen LogP contribution is -2.40. The van der Waals surface area contributed by atoms with E-state index in [4.69, 9.17) is 4.42 Å². The normalized spacial score (nSPS) is 18.2. The van der Waals surface area contributed by atoms with Crippen molar-refractivity contribution in [2.45, 2.75) is 31.9 Å². The summed E-state index contributed by atoms with van der Waals surface area (Å²) in [6.45, 7) is 5.95. The molecule has 23 heavy (non-hydrogen) atoms. The van der Waals surface area contributed by atoms with Crippen LogP contribution in [-0.2, 0) is 4.79 Å². The van der Waals surface area contributed by atoms with Gasteiger partial charge in [0.1, 0.15) is 0 Å². The number of piperidine rings is 1. The molecular formula is C17H21N3O2S. The molecular weight excluding hydrogens is 310 g/mol. The molecule has 1 aromatic heterocycles. The number of aromatic nitrogens is 2. The van der Waals surface area contributed by atoms with Gasteiger partial charge in [-0.05, 0) is 37.8 Å². The van der Waals surface area contributed by atoms with Crippen molar-refractivity contribution in [3.05, 3.63) is 29.8 Å². The van der Waals surface area contributed by atoms with Crippen molar-refractivity contribution in [1.29, 1.82) is 0 Å². The molecule has 1 saturated heterocycles. The number of nitrogens with zero attached hydrogens (tertiary/aromatic N) is 3. The summed E-state index contributed by atoms with van der Waals surface area (Å²) in [5.41, 5.74) is 2.08. The average Bonchev–Trinajstić information content (AvgIpc) is 3.02. The van der Waals surface area contributed by atoms with Gasteiger partial charge in [-0.15, -0.1) is 10.2 Å². The summed E-state index contributed by atoms with van der Waals surface area (Å²) in [5, 5.41) is 8.52. The standard InChI is InChI=1S/C17H21N3O2S/c1-12-5-7-14(8-6-12)16-18-19-17(22-16)23-11-15(21)20-9-3-4-13(2)10-20/h5-8,13H,3-4,9-11H2,1-2H3/t13-/m0/s1. The fourth-order valence-corrected chi connectivity index (χ4v) is 3.38. The maximum atomic E-state index is 12.2. The van der Waals surface area contributed by atoms with Crippen molar-refractivity contribution in [2.75, 3.05) is 18.8 Å². The van der Waals surface area contributed by atoms with E-state index in [1.165, 1.54) is 23.7 Å². The van der Waals surface area contributed by atoms with E-state index in [9.17, 15) is 4.79 Å². The molecule has 122 valence electrons. The second-order valence-electron chi connectivity index (χ2n) is 6.11. The van der Waals surface area contributed by atoms with Crippen LogP contribution in [0.3, 0.4) is 0 Å². The lowest BCUT2D eigenvalue weighted by atomic mass is 10.0. The third-order valence-corrected chi connectivity index (χ3v) is 4.84. The highest BCUT2D eigenvalue weighted by atomic mass is 32.2. The number of aryl methyl sites for hydroxylation is 1. The van der Waals surface area contributed by atoms with Gasteiger partial charge in [0, 0.05) is 18.7 Å². The van der Waals surface area contributed by atoms with E-state index in [1.54, 1.807) is 0 Å². The summed E-state index contributed by atoms with van der Waals surface area (Å²) in [7, 11) is 0. The molecule has 0 N–H and O–H groups in total. The Morgan fingerprint density at radius 3 is 2.87 bits per heavy atom. The Morgan fingerprint density at radius 1 is 1.35 bits per heavy atom. The van der Waals surface area contributed by atoms with Gasteiger partial charge < -0.3 is 9.32 Å². The van der Waals surface area contributed by atoms with Crippen molar-refractivity contribution in [2.24, 2.45) is 5.92 Å². The van der Waals surface area contributed by atoms with Gasteiger partial charge in [0.25, 0.3) is 5.22 Å². The Balaban J connectivity index is 1.56. The molecule has 1 amide bonds. The molecule has 5 nitrogen and oxygen atoms in total. The predicted molar refractivity (Wildman–Crippen MR) is 90.2 cm³/mol. The number of hydrogen-bond donors (Lipinski definition) is 0. The van der Waals surface area contributed by atoms with Gasteiger partial charge in [0.05, 0.1) is 5.75 Å². The van der Waals surface area contributed by atoms with Crippen LogP contribution in [0.4, 0.5) is 0 Å². The van der Waals surface area contributed by atoms with E-state index >= 15 is 0 Å². The third-order valence-electron chi connectivity index (χ3n) is 4.03. The molecule has 1 fully saturated rings. The number of thioether (sulfide) groups is 1. The molecule has 0 spiro atoms. The number of amides is 1. The molecule has 0 bridgehead atoms. The van der Waals surface area contributed by atoms with Gasteiger partial charge in [0.15, 0.2) is 0 Å². The molecule has 0 radical (unpaired) electrons. The van der Waals surface area contributed by atoms with Crippen LogP contribution in [0.2, 0.25) is 0 Å². The lowest BCUT2D eigenvalue weighted by molar-refractivity contribution is -0.130. The van der Waals surface area contributed by atoms with Gasteiger partial charge in [-0.2, -0.15) is 0 Å². The fraction of sp³-hybridized carbons (Fsp3) is 0.471. The minimum Gasteiger partial charge on any atom is -0.411 e. The largest absolute Gasteiger partial charge is 0.411 e. The van der Waals surface area contributed by atoms with Crippen molar-refractivity contribution in [1.82, 2.24) is 15.1 Å². The Kier molecular flexibility index (Phi) is 5.00. The topological polar surface area (TPSA) is 59.2 Å². The highest BCUT2D eigenvalue weighted by molar-refractivity contribution is 7.99. The molecule has 1 atom stereocenters. The molecule has 6 heteroatoms. The Labute approximate surface area is 140 Å². The van der Waals surface area contributed by atoms with Crippen molar-refractivity contribution >= 4 is 17.7 Å². The number of carbonyl (C=O) groups excluding carboxylic acids is 1. The van der Waals surface area contributed by atoms with Crippen LogP contribution in [0.5, 0.6) is 0 Å². The molecule has 2 heterocycles. The van der Waals surface area contributed by atoms with Crippen LogP contribution in [-0.4, -0.2) is 39.8 Å². The van der Waals surface area contributed by atoms with E-state index in [2.05, 4.69) is 17.1 Å². The second kappa shape index (κ2) is 7.17. The van der Waals surface area contributed by atoms with E-state index in [1.807, 2.05) is 36.1 Å². The quantitative estimate of drug-likeness (QED) is 0.804. The number of hydrogen-bond acceptors (Lipinski definition) is 5. The van der Waals surface area contributed by atoms with Crippen LogP contribution < -0.4 is 0 Å². The van der Waals surface area contributed by atoms with Crippen LogP contribution >= 0.6 is 11.8 Å². The van der Waals surface area contributed by atoms with E-state index < -0.39 is 0 Å². The van der Waals surface area contributed by atoms with Crippen LogP contribution in [0, 0.1) is 12.8 Å². The highest BCUT2D eigenvalue weighted by Gasteiger charge is 2.21. The fourth-order valence-electron chi connectivity index (χ4n) is 2.71. The van der Waals surface area contributed by atoms with Gasteiger partial charge >= 0.3 is 0 Å². The number of carbonyl (C=O) groups is 1. The summed E-state index contributed by atoms with van der Waals surface area (Å²) < 4.78 is 5.64. The molecule has 3 rings (SSSR count). The summed E-state index contributed by atoms with van der Waals surface area (Å²) in [4.78, 5) is 14.2. The summed E-state index contributed by atoms with van der Waals surface area (Å²) in [6.07, 6.45) is 2.30. The number of benzene rings is 1. The number of likely N-dealkylation sites (tertiary alicyclic amines) is 1. The molecule has 0 saturated carbocycles. The van der Waals surface area contributed by atoms with Crippen LogP contribution in [0.25, 0.3) is 11.5 Å². The highest BCUT2D eigenvalue weighted by Crippen LogP contribution is 2.24. The second-order valence-corrected chi connectivity index (χ2v) is 7.04. The van der Waals surface area contributed by atoms with Gasteiger partial charge in [-0.3, -0.25) is 4.79 Å². The van der Waals surface area contributed by atoms with Gasteiger partial charge in [-0.1, -0.05) is 36.4 Å². The van der Waals surface area contributed by atoms with Crippen molar-refractivity contribution in [3.63, 3.8) is 0 Å². The summed E-state index contributed by atoms with van der Waals surface area (Å²) >= 11 is 1.31. The maximum Gasteiger partial charge on any atom is 0.277 e. The van der Waals surface area contributed by atoms with E-state index in [-0.39, 0.29) is 5.91 Å². The first kappa shape index (κ1) is 16.1. The zero-order chi connectivity index (χ0) is 16.2. The van der Waals surface area contributed by atoms with Gasteiger partial charge in [0.2, 0.25) is 11.8 Å². The molecule has 0 aliphatic carbocycles. The first-order valence-electron chi connectivity index (χ1n) is 7.93. The maximum absolute atomic E-state index is 12.2. The molecule has 2 aromatic rings. The van der Waals surface area contributed by atoms with E-state index in [0.717, 1.165) is 25.1 Å². The SMILES string of the molecule is Cc1ccc(-c2nnc(SCC(=O)N3CCC[C@H](C)C3)o2)cc1. The van der Waals surface area contributed by atoms with E-state index in [0.29, 0.717) is 22.8 Å². The number of rotatable bonds is 4. The minimum atomic E-state index is 0.150. The first-order chi connectivity index (χ1) is 11.1. The third kappa shape index (κ3) is 4.13. The van der Waals surface area contributed by atoms with Crippen molar-refractivity contribution in [3.8, 4) is 11.5 Å². The molecule has 1 aromatic carbocycles. The van der Waals surface area contributed by atoms with Crippen LogP contribution in [0.15, 0.2) is 33.9 Å². The average molecular weight is 331 g/mol. The Morgan fingerprint density at radius 2 is 2.13 bits per heavy atom. The summed E-state index contributed by atoms with van der Waals surface area (Å²) in [6, 6.07) is 7.93. The van der Waals surface area contributed by atoms with Crippen molar-refractivity contribution < 1.29 is 9.21 Å². The monoisotopic (exact) mass is 331 g/mol. The first-order valence-corrected chi connectivity index (χ1v) is 8.91. The zero-order valence-corrected chi connectivity index (χ0v) is 14.3. The smallest absolute Gasteiger partial charge is 0.277 e. The van der Waals surface area contributed by atoms with Gasteiger partial charge in [-0.25, -0.2) is 0 Å². The Bertz CT molecular complexity index is 669. The molecule has 1 aliphatic rings. The van der Waals surface area contributed by atoms with Crippen LogP contribution in [0.1, 0.15) is 25.3 Å². The molecule has 1 aliphatic heterocycles. The Hall–Kier alpha value is -1.82. The molecule has 0 unspecified atom stereocenters. The summed E-state index contributed by atoms with van der Waals surface area (Å²) in [5.74, 6) is 1.58.